The second-order valence-corrected chi connectivity index (χ2v) is 6.61. The fourth-order valence-corrected chi connectivity index (χ4v) is 3.17. The molecule has 2 N–H and O–H groups in total. The molecular formula is C14H18N4O2S2. The van der Waals surface area contributed by atoms with E-state index in [1.807, 2.05) is 24.6 Å². The van der Waals surface area contributed by atoms with Gasteiger partial charge in [-0.05, 0) is 26.7 Å². The molecule has 0 aliphatic rings. The summed E-state index contributed by atoms with van der Waals surface area (Å²) in [6.45, 7) is 3.77. The van der Waals surface area contributed by atoms with Crippen LogP contribution in [0.2, 0.25) is 0 Å². The van der Waals surface area contributed by atoms with E-state index in [9.17, 15) is 9.59 Å². The smallest absolute Gasteiger partial charge is 0.226 e. The zero-order valence-electron chi connectivity index (χ0n) is 12.5. The molecule has 0 aromatic carbocycles. The van der Waals surface area contributed by atoms with Gasteiger partial charge in [0.25, 0.3) is 0 Å². The lowest BCUT2D eigenvalue weighted by Crippen LogP contribution is -2.13. The van der Waals surface area contributed by atoms with Gasteiger partial charge in [0, 0.05) is 23.6 Å². The molecule has 0 saturated heterocycles. The third kappa shape index (κ3) is 5.53. The minimum atomic E-state index is -0.0645. The Bertz CT molecular complexity index is 595. The van der Waals surface area contributed by atoms with Crippen molar-refractivity contribution in [3.05, 3.63) is 22.1 Å². The first-order valence-corrected chi connectivity index (χ1v) is 8.73. The minimum absolute atomic E-state index is 0.0645. The van der Waals surface area contributed by atoms with Gasteiger partial charge in [-0.2, -0.15) is 0 Å². The number of carbonyl (C=O) groups is 2. The third-order valence-corrected chi connectivity index (χ3v) is 4.54. The zero-order chi connectivity index (χ0) is 15.9. The molecule has 0 bridgehead atoms. The number of thiazole rings is 2. The highest BCUT2D eigenvalue weighted by atomic mass is 32.1. The number of aryl methyl sites for hydroxylation is 2. The molecule has 0 aliphatic carbocycles. The average Bonchev–Trinajstić information content (AvgIpc) is 3.04. The summed E-state index contributed by atoms with van der Waals surface area (Å²) in [6, 6.07) is 0. The van der Waals surface area contributed by atoms with E-state index < -0.39 is 0 Å². The predicted molar refractivity (Wildman–Crippen MR) is 89.4 cm³/mol. The van der Waals surface area contributed by atoms with Crippen LogP contribution in [0.4, 0.5) is 10.3 Å². The van der Waals surface area contributed by atoms with Crippen LogP contribution in [0.1, 0.15) is 37.1 Å². The number of anilines is 2. The van der Waals surface area contributed by atoms with E-state index in [1.165, 1.54) is 22.7 Å². The Morgan fingerprint density at radius 3 is 1.64 bits per heavy atom. The first-order valence-electron chi connectivity index (χ1n) is 6.97. The number of unbranched alkanes of at least 4 members (excludes halogenated alkanes) is 1. The molecule has 2 amide bonds. The minimum Gasteiger partial charge on any atom is -0.302 e. The topological polar surface area (TPSA) is 84.0 Å². The van der Waals surface area contributed by atoms with E-state index in [1.54, 1.807) is 0 Å². The monoisotopic (exact) mass is 338 g/mol. The van der Waals surface area contributed by atoms with Gasteiger partial charge in [-0.3, -0.25) is 9.59 Å². The van der Waals surface area contributed by atoms with Crippen molar-refractivity contribution in [1.29, 1.82) is 0 Å². The molecule has 0 atom stereocenters. The van der Waals surface area contributed by atoms with E-state index in [2.05, 4.69) is 20.6 Å². The van der Waals surface area contributed by atoms with Crippen molar-refractivity contribution in [2.45, 2.75) is 39.5 Å². The summed E-state index contributed by atoms with van der Waals surface area (Å²) in [5, 5.41) is 10.5. The first-order chi connectivity index (χ1) is 10.5. The molecular weight excluding hydrogens is 320 g/mol. The number of rotatable bonds is 7. The number of nitrogens with one attached hydrogen (secondary N) is 2. The molecule has 22 heavy (non-hydrogen) atoms. The zero-order valence-corrected chi connectivity index (χ0v) is 14.1. The van der Waals surface area contributed by atoms with Gasteiger partial charge in [0.2, 0.25) is 11.8 Å². The summed E-state index contributed by atoms with van der Waals surface area (Å²) in [5.41, 5.74) is 1.80. The quantitative estimate of drug-likeness (QED) is 0.758. The molecule has 0 radical (unpaired) electrons. The fraction of sp³-hybridized carbons (Fsp3) is 0.429. The van der Waals surface area contributed by atoms with Crippen LogP contribution >= 0.6 is 22.7 Å². The molecule has 0 saturated carbocycles. The molecule has 2 aromatic rings. The summed E-state index contributed by atoms with van der Waals surface area (Å²) < 4.78 is 0. The number of hydrogen-bond acceptors (Lipinski definition) is 6. The van der Waals surface area contributed by atoms with Crippen LogP contribution in [0.15, 0.2) is 10.8 Å². The number of nitrogens with zero attached hydrogens (tertiary/aromatic N) is 2. The van der Waals surface area contributed by atoms with Crippen LogP contribution < -0.4 is 10.6 Å². The van der Waals surface area contributed by atoms with E-state index in [0.717, 1.165) is 11.4 Å². The lowest BCUT2D eigenvalue weighted by Gasteiger charge is -2.03. The van der Waals surface area contributed by atoms with Crippen LogP contribution in [-0.4, -0.2) is 21.8 Å². The maximum absolute atomic E-state index is 11.7. The van der Waals surface area contributed by atoms with E-state index in [4.69, 9.17) is 0 Å². The maximum atomic E-state index is 11.7. The van der Waals surface area contributed by atoms with Crippen molar-refractivity contribution in [1.82, 2.24) is 9.97 Å². The summed E-state index contributed by atoms with van der Waals surface area (Å²) in [6.07, 6.45) is 2.12. The van der Waals surface area contributed by atoms with Gasteiger partial charge in [0.1, 0.15) is 0 Å². The summed E-state index contributed by atoms with van der Waals surface area (Å²) in [5.74, 6) is -0.129. The molecule has 2 rings (SSSR count). The highest BCUT2D eigenvalue weighted by Crippen LogP contribution is 2.16. The Morgan fingerprint density at radius 2 is 1.32 bits per heavy atom. The number of hydrogen-bond donors (Lipinski definition) is 2. The van der Waals surface area contributed by atoms with E-state index >= 15 is 0 Å². The van der Waals surface area contributed by atoms with Gasteiger partial charge >= 0.3 is 0 Å². The highest BCUT2D eigenvalue weighted by Gasteiger charge is 2.08. The first kappa shape index (κ1) is 16.6. The second-order valence-electron chi connectivity index (χ2n) is 4.89. The SMILES string of the molecule is Cc1csc(NC(=O)CCCCC(=O)Nc2nc(C)cs2)n1. The molecule has 0 fully saturated rings. The number of aromatic nitrogens is 2. The van der Waals surface area contributed by atoms with E-state index in [-0.39, 0.29) is 11.8 Å². The van der Waals surface area contributed by atoms with Crippen molar-refractivity contribution in [2.24, 2.45) is 0 Å². The second kappa shape index (κ2) is 8.00. The van der Waals surface area contributed by atoms with Gasteiger partial charge < -0.3 is 10.6 Å². The van der Waals surface area contributed by atoms with Crippen molar-refractivity contribution in [3.8, 4) is 0 Å². The maximum Gasteiger partial charge on any atom is 0.226 e. The summed E-state index contributed by atoms with van der Waals surface area (Å²) in [4.78, 5) is 31.8. The Kier molecular flexibility index (Phi) is 6.02. The van der Waals surface area contributed by atoms with Gasteiger partial charge in [0.15, 0.2) is 10.3 Å². The van der Waals surface area contributed by atoms with Crippen molar-refractivity contribution >= 4 is 44.8 Å². The molecule has 118 valence electrons. The molecule has 6 nitrogen and oxygen atoms in total. The Labute approximate surface area is 137 Å². The molecule has 0 spiro atoms. The van der Waals surface area contributed by atoms with Crippen molar-refractivity contribution in [2.75, 3.05) is 10.6 Å². The lowest BCUT2D eigenvalue weighted by molar-refractivity contribution is -0.118. The largest absolute Gasteiger partial charge is 0.302 e. The van der Waals surface area contributed by atoms with Gasteiger partial charge in [-0.15, -0.1) is 22.7 Å². The van der Waals surface area contributed by atoms with Gasteiger partial charge in [0.05, 0.1) is 11.4 Å². The van der Waals surface area contributed by atoms with Crippen molar-refractivity contribution < 1.29 is 9.59 Å². The number of carbonyl (C=O) groups excluding carboxylic acids is 2. The normalized spacial score (nSPS) is 10.5. The highest BCUT2D eigenvalue weighted by molar-refractivity contribution is 7.14. The fourth-order valence-electron chi connectivity index (χ4n) is 1.76. The predicted octanol–water partition coefficient (Wildman–Crippen LogP) is 3.35. The number of amides is 2. The average molecular weight is 338 g/mol. The Hall–Kier alpha value is -1.80. The van der Waals surface area contributed by atoms with Crippen LogP contribution in [0.5, 0.6) is 0 Å². The Morgan fingerprint density at radius 1 is 0.909 bits per heavy atom. The van der Waals surface area contributed by atoms with Crippen molar-refractivity contribution in [3.63, 3.8) is 0 Å². The van der Waals surface area contributed by atoms with E-state index in [0.29, 0.717) is 35.9 Å². The van der Waals surface area contributed by atoms with Crippen LogP contribution in [0.3, 0.4) is 0 Å². The third-order valence-electron chi connectivity index (χ3n) is 2.79. The summed E-state index contributed by atoms with van der Waals surface area (Å²) >= 11 is 2.82. The van der Waals surface area contributed by atoms with Gasteiger partial charge in [-0.1, -0.05) is 0 Å². The molecule has 0 aliphatic heterocycles. The standard InChI is InChI=1S/C14H18N4O2S2/c1-9-7-21-13(15-9)17-11(19)5-3-4-6-12(20)18-14-16-10(2)8-22-14/h7-8H,3-6H2,1-2H3,(H,15,17,19)(H,16,18,20). The molecule has 2 aromatic heterocycles. The molecule has 8 heteroatoms. The lowest BCUT2D eigenvalue weighted by atomic mass is 10.2. The van der Waals surface area contributed by atoms with Crippen LogP contribution in [0.25, 0.3) is 0 Å². The molecule has 2 heterocycles. The molecule has 0 unspecified atom stereocenters. The summed E-state index contributed by atoms with van der Waals surface area (Å²) in [7, 11) is 0. The van der Waals surface area contributed by atoms with Crippen LogP contribution in [0, 0.1) is 13.8 Å². The Balaban J connectivity index is 1.60. The van der Waals surface area contributed by atoms with Crippen LogP contribution in [-0.2, 0) is 9.59 Å². The van der Waals surface area contributed by atoms with Gasteiger partial charge in [-0.25, -0.2) is 9.97 Å².